The topological polar surface area (TPSA) is 81.2 Å². The zero-order valence-corrected chi connectivity index (χ0v) is 11.5. The molecule has 18 heavy (non-hydrogen) atoms. The molecule has 3 N–H and O–H groups in total. The lowest BCUT2D eigenvalue weighted by molar-refractivity contribution is 0.187. The predicted octanol–water partition coefficient (Wildman–Crippen LogP) is 1.62. The molecule has 0 radical (unpaired) electrons. The summed E-state index contributed by atoms with van der Waals surface area (Å²) >= 11 is 2.26. The molecule has 3 rings (SSSR count). The number of hydrogen-bond donors (Lipinski definition) is 3. The van der Waals surface area contributed by atoms with Gasteiger partial charge >= 0.3 is 6.09 Å². The molecule has 6 nitrogen and oxygen atoms in total. The Kier molecular flexibility index (Phi) is 2.77. The largest absolute Gasteiger partial charge is 0.465 e. The number of halogens is 1. The van der Waals surface area contributed by atoms with E-state index in [2.05, 4.69) is 48.8 Å². The molecule has 1 saturated heterocycles. The van der Waals surface area contributed by atoms with E-state index in [4.69, 9.17) is 5.11 Å². The van der Waals surface area contributed by atoms with Gasteiger partial charge in [-0.3, -0.25) is 0 Å². The molecule has 0 aromatic carbocycles. The minimum atomic E-state index is -0.964. The molecular formula is C11H11IN4O2. The second-order valence-corrected chi connectivity index (χ2v) is 5.44. The van der Waals surface area contributed by atoms with Crippen LogP contribution in [0.3, 0.4) is 0 Å². The molecule has 2 aromatic rings. The Bertz CT molecular complexity index is 606. The fourth-order valence-corrected chi connectivity index (χ4v) is 2.66. The van der Waals surface area contributed by atoms with Gasteiger partial charge in [-0.2, -0.15) is 0 Å². The van der Waals surface area contributed by atoms with Crippen LogP contribution in [0.4, 0.5) is 10.5 Å². The summed E-state index contributed by atoms with van der Waals surface area (Å²) in [5, 5.41) is 12.2. The Labute approximate surface area is 117 Å². The van der Waals surface area contributed by atoms with Gasteiger partial charge in [0.1, 0.15) is 5.65 Å². The van der Waals surface area contributed by atoms with E-state index in [1.165, 1.54) is 0 Å². The van der Waals surface area contributed by atoms with Crippen LogP contribution in [-0.2, 0) is 0 Å². The summed E-state index contributed by atoms with van der Waals surface area (Å²) in [4.78, 5) is 20.0. The number of carboxylic acid groups (broad SMARTS) is 1. The highest BCUT2D eigenvalue weighted by molar-refractivity contribution is 14.1. The Morgan fingerprint density at radius 3 is 3.11 bits per heavy atom. The van der Waals surface area contributed by atoms with Crippen molar-refractivity contribution in [3.8, 4) is 0 Å². The first-order chi connectivity index (χ1) is 8.63. The molecule has 1 aliphatic rings. The SMILES string of the molecule is O=C(O)NC1CN(c2cnc3[nH]cc(I)c3c2)C1. The van der Waals surface area contributed by atoms with Gasteiger partial charge in [0.05, 0.1) is 17.9 Å². The Morgan fingerprint density at radius 1 is 1.61 bits per heavy atom. The van der Waals surface area contributed by atoms with Crippen LogP contribution < -0.4 is 10.2 Å². The lowest BCUT2D eigenvalue weighted by atomic mass is 10.1. The summed E-state index contributed by atoms with van der Waals surface area (Å²) in [7, 11) is 0. The average Bonchev–Trinajstić information content (AvgIpc) is 2.64. The first-order valence-electron chi connectivity index (χ1n) is 5.50. The molecule has 3 heterocycles. The van der Waals surface area contributed by atoms with E-state index in [1.807, 2.05) is 12.4 Å². The lowest BCUT2D eigenvalue weighted by Crippen LogP contribution is -2.59. The first kappa shape index (κ1) is 11.6. The molecule has 1 aliphatic heterocycles. The van der Waals surface area contributed by atoms with Crippen LogP contribution in [0.1, 0.15) is 0 Å². The van der Waals surface area contributed by atoms with Crippen molar-refractivity contribution in [3.63, 3.8) is 0 Å². The summed E-state index contributed by atoms with van der Waals surface area (Å²) in [6, 6.07) is 2.10. The third-order valence-electron chi connectivity index (χ3n) is 3.04. The summed E-state index contributed by atoms with van der Waals surface area (Å²) in [5.41, 5.74) is 1.91. The predicted molar refractivity (Wildman–Crippen MR) is 76.0 cm³/mol. The fraction of sp³-hybridized carbons (Fsp3) is 0.273. The highest BCUT2D eigenvalue weighted by Gasteiger charge is 2.28. The van der Waals surface area contributed by atoms with Crippen LogP contribution >= 0.6 is 22.6 Å². The zero-order valence-electron chi connectivity index (χ0n) is 9.35. The molecular weight excluding hydrogens is 347 g/mol. The van der Waals surface area contributed by atoms with E-state index >= 15 is 0 Å². The molecule has 0 unspecified atom stereocenters. The van der Waals surface area contributed by atoms with Gasteiger partial charge in [0.15, 0.2) is 0 Å². The van der Waals surface area contributed by atoms with E-state index in [-0.39, 0.29) is 6.04 Å². The van der Waals surface area contributed by atoms with E-state index in [1.54, 1.807) is 0 Å². The number of aromatic amines is 1. The number of aromatic nitrogens is 2. The summed E-state index contributed by atoms with van der Waals surface area (Å²) in [6.07, 6.45) is 2.77. The normalized spacial score (nSPS) is 15.7. The second kappa shape index (κ2) is 4.30. The highest BCUT2D eigenvalue weighted by Crippen LogP contribution is 2.26. The molecule has 0 saturated carbocycles. The van der Waals surface area contributed by atoms with Gasteiger partial charge < -0.3 is 20.3 Å². The smallest absolute Gasteiger partial charge is 0.405 e. The number of rotatable bonds is 2. The van der Waals surface area contributed by atoms with Gasteiger partial charge in [-0.25, -0.2) is 9.78 Å². The Hall–Kier alpha value is -1.51. The number of amides is 1. The summed E-state index contributed by atoms with van der Waals surface area (Å²) in [5.74, 6) is 0. The summed E-state index contributed by atoms with van der Waals surface area (Å²) < 4.78 is 1.14. The van der Waals surface area contributed by atoms with Crippen molar-refractivity contribution >= 4 is 45.4 Å². The number of carbonyl (C=O) groups is 1. The number of nitrogens with one attached hydrogen (secondary N) is 2. The molecule has 94 valence electrons. The third-order valence-corrected chi connectivity index (χ3v) is 3.93. The van der Waals surface area contributed by atoms with E-state index < -0.39 is 6.09 Å². The van der Waals surface area contributed by atoms with E-state index in [0.717, 1.165) is 20.3 Å². The van der Waals surface area contributed by atoms with Crippen LogP contribution in [0.2, 0.25) is 0 Å². The average molecular weight is 358 g/mol. The minimum Gasteiger partial charge on any atom is -0.465 e. The third kappa shape index (κ3) is 1.98. The van der Waals surface area contributed by atoms with E-state index in [9.17, 15) is 4.79 Å². The standard InChI is InChI=1S/C11H11IN4O2/c12-9-3-14-10-8(9)1-7(2-13-10)16-4-6(5-16)15-11(17)18/h1-3,6,15H,4-5H2,(H,13,14)(H,17,18). The molecule has 0 aliphatic carbocycles. The lowest BCUT2D eigenvalue weighted by Gasteiger charge is -2.40. The molecule has 0 bridgehead atoms. The Morgan fingerprint density at radius 2 is 2.39 bits per heavy atom. The van der Waals surface area contributed by atoms with Gasteiger partial charge in [-0.1, -0.05) is 0 Å². The number of hydrogen-bond acceptors (Lipinski definition) is 3. The van der Waals surface area contributed by atoms with Crippen molar-refractivity contribution < 1.29 is 9.90 Å². The van der Waals surface area contributed by atoms with Crippen molar-refractivity contribution in [1.29, 1.82) is 0 Å². The van der Waals surface area contributed by atoms with Crippen molar-refractivity contribution in [1.82, 2.24) is 15.3 Å². The van der Waals surface area contributed by atoms with E-state index in [0.29, 0.717) is 13.1 Å². The van der Waals surface area contributed by atoms with Crippen molar-refractivity contribution in [2.75, 3.05) is 18.0 Å². The fourth-order valence-electron chi connectivity index (χ4n) is 2.09. The van der Waals surface area contributed by atoms with Crippen LogP contribution in [0.15, 0.2) is 18.5 Å². The highest BCUT2D eigenvalue weighted by atomic mass is 127. The van der Waals surface area contributed by atoms with Crippen LogP contribution in [0, 0.1) is 3.57 Å². The van der Waals surface area contributed by atoms with Gasteiger partial charge in [0.2, 0.25) is 0 Å². The van der Waals surface area contributed by atoms with Gasteiger partial charge in [0, 0.05) is 28.2 Å². The van der Waals surface area contributed by atoms with Crippen LogP contribution in [0.25, 0.3) is 11.0 Å². The molecule has 1 amide bonds. The Balaban J connectivity index is 1.76. The van der Waals surface area contributed by atoms with Gasteiger partial charge in [-0.05, 0) is 28.7 Å². The zero-order chi connectivity index (χ0) is 12.7. The number of H-pyrrole nitrogens is 1. The molecule has 1 fully saturated rings. The number of pyridine rings is 1. The number of nitrogens with zero attached hydrogens (tertiary/aromatic N) is 2. The quantitative estimate of drug-likeness (QED) is 0.713. The maximum absolute atomic E-state index is 10.5. The molecule has 7 heteroatoms. The van der Waals surface area contributed by atoms with Crippen LogP contribution in [-0.4, -0.2) is 40.3 Å². The first-order valence-corrected chi connectivity index (χ1v) is 6.58. The molecule has 0 atom stereocenters. The van der Waals surface area contributed by atoms with Crippen molar-refractivity contribution in [2.24, 2.45) is 0 Å². The maximum Gasteiger partial charge on any atom is 0.405 e. The van der Waals surface area contributed by atoms with Gasteiger partial charge in [-0.15, -0.1) is 0 Å². The second-order valence-electron chi connectivity index (χ2n) is 4.28. The number of anilines is 1. The maximum atomic E-state index is 10.5. The minimum absolute atomic E-state index is 0.0171. The molecule has 0 spiro atoms. The molecule has 2 aromatic heterocycles. The number of fused-ring (bicyclic) bond motifs is 1. The van der Waals surface area contributed by atoms with Crippen LogP contribution in [0.5, 0.6) is 0 Å². The van der Waals surface area contributed by atoms with Crippen molar-refractivity contribution in [2.45, 2.75) is 6.04 Å². The van der Waals surface area contributed by atoms with Crippen molar-refractivity contribution in [3.05, 3.63) is 22.0 Å². The van der Waals surface area contributed by atoms with Gasteiger partial charge in [0.25, 0.3) is 0 Å². The summed E-state index contributed by atoms with van der Waals surface area (Å²) in [6.45, 7) is 1.39. The monoisotopic (exact) mass is 358 g/mol.